The lowest BCUT2D eigenvalue weighted by atomic mass is 10.1. The van der Waals surface area contributed by atoms with Crippen molar-refractivity contribution < 1.29 is 19.1 Å². The minimum absolute atomic E-state index is 0.0722. The van der Waals surface area contributed by atoms with Gasteiger partial charge in [0.05, 0.1) is 15.8 Å². The van der Waals surface area contributed by atoms with Gasteiger partial charge in [0.15, 0.2) is 5.78 Å². The topological polar surface area (TPSA) is 64.6 Å². The third-order valence-electron chi connectivity index (χ3n) is 4.28. The van der Waals surface area contributed by atoms with Gasteiger partial charge in [-0.05, 0) is 38.1 Å². The Hall–Kier alpha value is -2.05. The molecule has 0 spiro atoms. The van der Waals surface area contributed by atoms with E-state index in [2.05, 4.69) is 5.32 Å². The summed E-state index contributed by atoms with van der Waals surface area (Å²) in [5.74, 6) is 1.36. The highest BCUT2D eigenvalue weighted by molar-refractivity contribution is 7.18. The van der Waals surface area contributed by atoms with Crippen molar-refractivity contribution in [3.8, 4) is 11.5 Å². The number of thiophene rings is 1. The molecule has 1 aliphatic rings. The Kier molecular flexibility index (Phi) is 6.39. The number of rotatable bonds is 8. The first-order chi connectivity index (χ1) is 13.0. The fourth-order valence-electron chi connectivity index (χ4n) is 3.01. The van der Waals surface area contributed by atoms with Crippen LogP contribution in [0.3, 0.4) is 0 Å². The van der Waals surface area contributed by atoms with Crippen LogP contribution in [-0.4, -0.2) is 24.4 Å². The summed E-state index contributed by atoms with van der Waals surface area (Å²) in [5, 5.41) is 2.86. The van der Waals surface area contributed by atoms with Crippen molar-refractivity contribution in [2.45, 2.75) is 45.8 Å². The quantitative estimate of drug-likeness (QED) is 0.658. The van der Waals surface area contributed by atoms with E-state index in [-0.39, 0.29) is 30.6 Å². The largest absolute Gasteiger partial charge is 0.494 e. The predicted molar refractivity (Wildman–Crippen MR) is 106 cm³/mol. The Morgan fingerprint density at radius 2 is 2.15 bits per heavy atom. The van der Waals surface area contributed by atoms with E-state index in [9.17, 15) is 9.59 Å². The van der Waals surface area contributed by atoms with E-state index in [1.165, 1.54) is 11.3 Å². The van der Waals surface area contributed by atoms with E-state index in [1.54, 1.807) is 12.1 Å². The van der Waals surface area contributed by atoms with Crippen LogP contribution < -0.4 is 14.8 Å². The SMILES string of the molecule is CCOc1cc2c(cc1CNC(=O)CCC(=O)c1ccc(Cl)s1)O[C@@H](C)C2. The first-order valence-electron chi connectivity index (χ1n) is 8.96. The van der Waals surface area contributed by atoms with Crippen molar-refractivity contribution in [2.24, 2.45) is 0 Å². The summed E-state index contributed by atoms with van der Waals surface area (Å²) >= 11 is 7.07. The minimum Gasteiger partial charge on any atom is -0.494 e. The van der Waals surface area contributed by atoms with Gasteiger partial charge >= 0.3 is 0 Å². The van der Waals surface area contributed by atoms with Gasteiger partial charge in [-0.25, -0.2) is 0 Å². The van der Waals surface area contributed by atoms with Crippen LogP contribution in [-0.2, 0) is 17.8 Å². The van der Waals surface area contributed by atoms with Crippen molar-refractivity contribution >= 4 is 34.6 Å². The van der Waals surface area contributed by atoms with Gasteiger partial charge in [-0.1, -0.05) is 11.6 Å². The number of fused-ring (bicyclic) bond motifs is 1. The molecule has 1 amide bonds. The molecule has 0 saturated carbocycles. The number of ether oxygens (including phenoxy) is 2. The lowest BCUT2D eigenvalue weighted by Crippen LogP contribution is -2.23. The molecule has 1 aliphatic heterocycles. The molecule has 0 saturated heterocycles. The third kappa shape index (κ3) is 5.02. The van der Waals surface area contributed by atoms with Gasteiger partial charge in [-0.2, -0.15) is 0 Å². The van der Waals surface area contributed by atoms with Gasteiger partial charge in [0.1, 0.15) is 17.6 Å². The molecule has 0 unspecified atom stereocenters. The van der Waals surface area contributed by atoms with Crippen molar-refractivity contribution in [3.63, 3.8) is 0 Å². The lowest BCUT2D eigenvalue weighted by Gasteiger charge is -2.13. The zero-order chi connectivity index (χ0) is 19.4. The Morgan fingerprint density at radius 1 is 1.33 bits per heavy atom. The third-order valence-corrected chi connectivity index (χ3v) is 5.55. The predicted octanol–water partition coefficient (Wildman–Crippen LogP) is 4.40. The average Bonchev–Trinajstić information content (AvgIpc) is 3.22. The molecule has 144 valence electrons. The van der Waals surface area contributed by atoms with Crippen LogP contribution in [0.15, 0.2) is 24.3 Å². The molecular formula is C20H22ClNO4S. The van der Waals surface area contributed by atoms with Crippen LogP contribution in [0.4, 0.5) is 0 Å². The molecule has 0 bridgehead atoms. The van der Waals surface area contributed by atoms with Gasteiger partial charge in [0.25, 0.3) is 0 Å². The number of halogens is 1. The van der Waals surface area contributed by atoms with E-state index < -0.39 is 0 Å². The number of carbonyl (C=O) groups excluding carboxylic acids is 2. The second-order valence-electron chi connectivity index (χ2n) is 6.44. The van der Waals surface area contributed by atoms with Crippen LogP contribution >= 0.6 is 22.9 Å². The summed E-state index contributed by atoms with van der Waals surface area (Å²) in [5.41, 5.74) is 2.00. The number of amides is 1. The molecule has 1 aromatic carbocycles. The lowest BCUT2D eigenvalue weighted by molar-refractivity contribution is -0.121. The summed E-state index contributed by atoms with van der Waals surface area (Å²) in [4.78, 5) is 24.8. The maximum atomic E-state index is 12.2. The molecule has 0 radical (unpaired) electrons. The maximum absolute atomic E-state index is 12.2. The zero-order valence-corrected chi connectivity index (χ0v) is 16.9. The Labute approximate surface area is 167 Å². The summed E-state index contributed by atoms with van der Waals surface area (Å²) in [6.07, 6.45) is 1.30. The number of Topliss-reactive ketones (excluding diaryl/α,β-unsaturated/α-hetero) is 1. The van der Waals surface area contributed by atoms with Crippen LogP contribution in [0, 0.1) is 0 Å². The average molecular weight is 408 g/mol. The number of benzene rings is 1. The molecule has 1 aromatic heterocycles. The second-order valence-corrected chi connectivity index (χ2v) is 8.15. The number of carbonyl (C=O) groups is 2. The fourth-order valence-corrected chi connectivity index (χ4v) is 4.02. The summed E-state index contributed by atoms with van der Waals surface area (Å²) < 4.78 is 12.1. The zero-order valence-electron chi connectivity index (χ0n) is 15.3. The smallest absolute Gasteiger partial charge is 0.220 e. The van der Waals surface area contributed by atoms with E-state index in [0.29, 0.717) is 22.4 Å². The van der Waals surface area contributed by atoms with Gasteiger partial charge in [0, 0.05) is 36.9 Å². The molecule has 1 N–H and O–H groups in total. The van der Waals surface area contributed by atoms with E-state index in [1.807, 2.05) is 26.0 Å². The maximum Gasteiger partial charge on any atom is 0.220 e. The summed E-state index contributed by atoms with van der Waals surface area (Å²) in [7, 11) is 0. The van der Waals surface area contributed by atoms with Crippen LogP contribution in [0.5, 0.6) is 11.5 Å². The molecule has 7 heteroatoms. The van der Waals surface area contributed by atoms with Crippen molar-refractivity contribution in [2.75, 3.05) is 6.61 Å². The number of ketones is 1. The molecule has 0 fully saturated rings. The van der Waals surface area contributed by atoms with Crippen LogP contribution in [0.25, 0.3) is 0 Å². The molecule has 3 rings (SSSR count). The molecule has 2 heterocycles. The van der Waals surface area contributed by atoms with Crippen LogP contribution in [0.2, 0.25) is 4.34 Å². The standard InChI is InChI=1S/C20H22ClNO4S/c1-3-25-16-9-13-8-12(2)26-17(13)10-14(16)11-22-20(24)7-4-15(23)18-5-6-19(21)27-18/h5-6,9-10,12H,3-4,7-8,11H2,1-2H3,(H,22,24)/t12-/m0/s1. The number of hydrogen-bond donors (Lipinski definition) is 1. The van der Waals surface area contributed by atoms with Gasteiger partial charge in [-0.15, -0.1) is 11.3 Å². The summed E-state index contributed by atoms with van der Waals surface area (Å²) in [6.45, 7) is 4.84. The van der Waals surface area contributed by atoms with Gasteiger partial charge in [-0.3, -0.25) is 9.59 Å². The highest BCUT2D eigenvalue weighted by atomic mass is 35.5. The van der Waals surface area contributed by atoms with Gasteiger partial charge in [0.2, 0.25) is 5.91 Å². The molecule has 27 heavy (non-hydrogen) atoms. The fraction of sp³-hybridized carbons (Fsp3) is 0.400. The molecule has 5 nitrogen and oxygen atoms in total. The molecule has 2 aromatic rings. The number of hydrogen-bond acceptors (Lipinski definition) is 5. The Bertz CT molecular complexity index is 849. The minimum atomic E-state index is -0.178. The van der Waals surface area contributed by atoms with Crippen molar-refractivity contribution in [3.05, 3.63) is 44.6 Å². The first kappa shape index (κ1) is 19.7. The Morgan fingerprint density at radius 3 is 2.85 bits per heavy atom. The highest BCUT2D eigenvalue weighted by Crippen LogP contribution is 2.35. The normalized spacial score (nSPS) is 15.1. The van der Waals surface area contributed by atoms with E-state index >= 15 is 0 Å². The van der Waals surface area contributed by atoms with E-state index in [4.69, 9.17) is 21.1 Å². The Balaban J connectivity index is 1.56. The van der Waals surface area contributed by atoms with Gasteiger partial charge < -0.3 is 14.8 Å². The molecular weight excluding hydrogens is 386 g/mol. The highest BCUT2D eigenvalue weighted by Gasteiger charge is 2.22. The molecule has 1 atom stereocenters. The molecule has 0 aliphatic carbocycles. The van der Waals surface area contributed by atoms with Crippen molar-refractivity contribution in [1.82, 2.24) is 5.32 Å². The monoisotopic (exact) mass is 407 g/mol. The second kappa shape index (κ2) is 8.76. The van der Waals surface area contributed by atoms with E-state index in [0.717, 1.165) is 29.0 Å². The first-order valence-corrected chi connectivity index (χ1v) is 10.2. The van der Waals surface area contributed by atoms with Crippen molar-refractivity contribution in [1.29, 1.82) is 0 Å². The summed E-state index contributed by atoms with van der Waals surface area (Å²) in [6, 6.07) is 7.30. The van der Waals surface area contributed by atoms with Crippen LogP contribution in [0.1, 0.15) is 47.5 Å². The number of nitrogens with one attached hydrogen (secondary N) is 1.